The third kappa shape index (κ3) is 14.5. The average molecular weight is 261 g/mol. The van der Waals surface area contributed by atoms with E-state index in [1.54, 1.807) is 0 Å². The largest absolute Gasteiger partial charge is 0.356 e. The maximum Gasteiger partial charge on any atom is 0.219 e. The molecule has 2 nitrogen and oxygen atoms in total. The summed E-state index contributed by atoms with van der Waals surface area (Å²) in [7, 11) is 0. The van der Waals surface area contributed by atoms with Crippen LogP contribution in [0.25, 0.3) is 0 Å². The summed E-state index contributed by atoms with van der Waals surface area (Å²) in [6.45, 7) is 0.757. The van der Waals surface area contributed by atoms with Crippen LogP contribution < -0.4 is 5.32 Å². The molecule has 0 rings (SSSR count). The molecular formula is C17H27NO. The van der Waals surface area contributed by atoms with Crippen LogP contribution in [0.4, 0.5) is 0 Å². The van der Waals surface area contributed by atoms with Gasteiger partial charge in [0.2, 0.25) is 5.91 Å². The Kier molecular flexibility index (Phi) is 13.6. The zero-order valence-electron chi connectivity index (χ0n) is 12.0. The van der Waals surface area contributed by atoms with Crippen LogP contribution in [0.2, 0.25) is 0 Å². The fraction of sp³-hybridized carbons (Fsp3) is 0.706. The number of unbranched alkanes of at least 4 members (excludes halogenated alkanes) is 8. The van der Waals surface area contributed by atoms with Crippen molar-refractivity contribution in [1.29, 1.82) is 0 Å². The maximum absolute atomic E-state index is 11.5. The van der Waals surface area contributed by atoms with Gasteiger partial charge in [0.1, 0.15) is 0 Å². The van der Waals surface area contributed by atoms with Crippen molar-refractivity contribution in [2.24, 2.45) is 0 Å². The quantitative estimate of drug-likeness (QED) is 0.421. The topological polar surface area (TPSA) is 29.1 Å². The number of hydrogen-bond acceptors (Lipinski definition) is 1. The minimum atomic E-state index is 0.174. The Bertz CT molecular complexity index is 295. The van der Waals surface area contributed by atoms with Gasteiger partial charge in [0.25, 0.3) is 0 Å². The molecule has 106 valence electrons. The van der Waals surface area contributed by atoms with Crippen LogP contribution in [0.1, 0.15) is 70.6 Å². The first-order chi connectivity index (χ1) is 9.31. The van der Waals surface area contributed by atoms with Crippen molar-refractivity contribution < 1.29 is 4.79 Å². The third-order valence-corrected chi connectivity index (χ3v) is 3.05. The molecule has 0 aliphatic heterocycles. The Morgan fingerprint density at radius 1 is 0.789 bits per heavy atom. The van der Waals surface area contributed by atoms with Crippen LogP contribution in [0.3, 0.4) is 0 Å². The molecule has 0 aromatic carbocycles. The molecule has 0 aliphatic rings. The van der Waals surface area contributed by atoms with Gasteiger partial charge in [-0.2, -0.15) is 0 Å². The van der Waals surface area contributed by atoms with Gasteiger partial charge in [0.05, 0.1) is 0 Å². The summed E-state index contributed by atoms with van der Waals surface area (Å²) >= 11 is 0. The van der Waals surface area contributed by atoms with E-state index in [-0.39, 0.29) is 5.91 Å². The molecule has 0 aliphatic carbocycles. The zero-order valence-corrected chi connectivity index (χ0v) is 12.0. The van der Waals surface area contributed by atoms with Crippen molar-refractivity contribution in [2.45, 2.75) is 70.6 Å². The van der Waals surface area contributed by atoms with Crippen molar-refractivity contribution in [1.82, 2.24) is 5.32 Å². The summed E-state index contributed by atoms with van der Waals surface area (Å²) in [5, 5.41) is 2.93. The predicted octanol–water partition coefficient (Wildman–Crippen LogP) is 3.66. The molecule has 0 fully saturated rings. The van der Waals surface area contributed by atoms with Crippen molar-refractivity contribution in [2.75, 3.05) is 6.54 Å². The van der Waals surface area contributed by atoms with Crippen molar-refractivity contribution >= 4 is 5.91 Å². The number of terminal acetylenes is 2. The summed E-state index contributed by atoms with van der Waals surface area (Å²) in [4.78, 5) is 11.5. The summed E-state index contributed by atoms with van der Waals surface area (Å²) in [6.07, 6.45) is 21.6. The van der Waals surface area contributed by atoms with Crippen LogP contribution >= 0.6 is 0 Å². The van der Waals surface area contributed by atoms with E-state index in [0.29, 0.717) is 6.42 Å². The number of carbonyl (C=O) groups is 1. The SMILES string of the molecule is C#CCCCCCCCCC(=O)NCCCCC#C. The molecule has 0 aromatic rings. The highest BCUT2D eigenvalue weighted by Gasteiger charge is 2.00. The minimum Gasteiger partial charge on any atom is -0.356 e. The highest BCUT2D eigenvalue weighted by atomic mass is 16.1. The second kappa shape index (κ2) is 14.7. The van der Waals surface area contributed by atoms with Gasteiger partial charge in [0, 0.05) is 25.8 Å². The fourth-order valence-corrected chi connectivity index (χ4v) is 1.89. The average Bonchev–Trinajstić information content (AvgIpc) is 2.41. The molecule has 1 amide bonds. The van der Waals surface area contributed by atoms with E-state index in [1.165, 1.54) is 19.3 Å². The summed E-state index contributed by atoms with van der Waals surface area (Å²) in [5.74, 6) is 5.43. The second-order valence-electron chi connectivity index (χ2n) is 4.84. The molecule has 0 saturated heterocycles. The molecule has 0 spiro atoms. The lowest BCUT2D eigenvalue weighted by atomic mass is 10.1. The highest BCUT2D eigenvalue weighted by Crippen LogP contribution is 2.08. The Balaban J connectivity index is 3.17. The molecule has 2 heteroatoms. The molecule has 0 aromatic heterocycles. The Hall–Kier alpha value is -1.41. The second-order valence-corrected chi connectivity index (χ2v) is 4.84. The van der Waals surface area contributed by atoms with Crippen molar-refractivity contribution in [3.8, 4) is 24.7 Å². The molecular weight excluding hydrogens is 234 g/mol. The lowest BCUT2D eigenvalue weighted by molar-refractivity contribution is -0.121. The van der Waals surface area contributed by atoms with Gasteiger partial charge < -0.3 is 5.32 Å². The van der Waals surface area contributed by atoms with Gasteiger partial charge in [-0.3, -0.25) is 4.79 Å². The van der Waals surface area contributed by atoms with Gasteiger partial charge in [-0.15, -0.1) is 24.7 Å². The first-order valence-electron chi connectivity index (χ1n) is 7.45. The van der Waals surface area contributed by atoms with E-state index in [0.717, 1.165) is 51.5 Å². The van der Waals surface area contributed by atoms with Crippen molar-refractivity contribution in [3.63, 3.8) is 0 Å². The van der Waals surface area contributed by atoms with Crippen LogP contribution in [0.15, 0.2) is 0 Å². The highest BCUT2D eigenvalue weighted by molar-refractivity contribution is 5.75. The molecule has 0 saturated carbocycles. The van der Waals surface area contributed by atoms with E-state index in [4.69, 9.17) is 12.8 Å². The third-order valence-electron chi connectivity index (χ3n) is 3.05. The molecule has 0 bridgehead atoms. The normalized spacial score (nSPS) is 9.58. The molecule has 0 unspecified atom stereocenters. The van der Waals surface area contributed by atoms with Gasteiger partial charge in [-0.05, 0) is 25.7 Å². The predicted molar refractivity (Wildman–Crippen MR) is 81.5 cm³/mol. The molecule has 1 N–H and O–H groups in total. The standard InChI is InChI=1S/C17H27NO/c1-3-5-7-9-10-11-12-13-15-17(19)18-16-14-8-6-4-2/h1-2H,5-16H2,(H,18,19). The van der Waals surface area contributed by atoms with Crippen LogP contribution in [-0.2, 0) is 4.79 Å². The molecule has 0 heterocycles. The number of hydrogen-bond donors (Lipinski definition) is 1. The summed E-state index contributed by atoms with van der Waals surface area (Å²) in [5.41, 5.74) is 0. The van der Waals surface area contributed by atoms with Gasteiger partial charge >= 0.3 is 0 Å². The first kappa shape index (κ1) is 17.6. The molecule has 0 radical (unpaired) electrons. The Morgan fingerprint density at radius 2 is 1.32 bits per heavy atom. The van der Waals surface area contributed by atoms with Crippen LogP contribution in [0.5, 0.6) is 0 Å². The zero-order chi connectivity index (χ0) is 14.2. The first-order valence-corrected chi connectivity index (χ1v) is 7.45. The molecule has 19 heavy (non-hydrogen) atoms. The number of rotatable bonds is 12. The lowest BCUT2D eigenvalue weighted by Crippen LogP contribution is -2.23. The minimum absolute atomic E-state index is 0.174. The van der Waals surface area contributed by atoms with Gasteiger partial charge in [-0.25, -0.2) is 0 Å². The number of nitrogens with one attached hydrogen (secondary N) is 1. The van der Waals surface area contributed by atoms with E-state index >= 15 is 0 Å². The number of carbonyl (C=O) groups excluding carboxylic acids is 1. The Morgan fingerprint density at radius 3 is 1.95 bits per heavy atom. The maximum atomic E-state index is 11.5. The smallest absolute Gasteiger partial charge is 0.219 e. The fourth-order valence-electron chi connectivity index (χ4n) is 1.89. The van der Waals surface area contributed by atoms with Gasteiger partial charge in [-0.1, -0.05) is 25.7 Å². The van der Waals surface area contributed by atoms with E-state index in [9.17, 15) is 4.79 Å². The van der Waals surface area contributed by atoms with Crippen LogP contribution in [-0.4, -0.2) is 12.5 Å². The van der Waals surface area contributed by atoms with E-state index in [2.05, 4.69) is 17.2 Å². The lowest BCUT2D eigenvalue weighted by Gasteiger charge is -2.04. The Labute approximate surface area is 118 Å². The van der Waals surface area contributed by atoms with E-state index < -0.39 is 0 Å². The monoisotopic (exact) mass is 261 g/mol. The van der Waals surface area contributed by atoms with Gasteiger partial charge in [0.15, 0.2) is 0 Å². The summed E-state index contributed by atoms with van der Waals surface area (Å²) < 4.78 is 0. The molecule has 0 atom stereocenters. The summed E-state index contributed by atoms with van der Waals surface area (Å²) in [6, 6.07) is 0. The number of amides is 1. The van der Waals surface area contributed by atoms with Crippen molar-refractivity contribution in [3.05, 3.63) is 0 Å². The van der Waals surface area contributed by atoms with E-state index in [1.807, 2.05) is 0 Å². The van der Waals surface area contributed by atoms with Crippen LogP contribution in [0, 0.1) is 24.7 Å².